The number of fused-ring (bicyclic) bond motifs is 1. The number of para-hydroxylation sites is 1. The molecule has 2 aromatic rings. The van der Waals surface area contributed by atoms with Crippen LogP contribution in [0.4, 0.5) is 11.8 Å². The molecular weight excluding hydrogens is 354 g/mol. The van der Waals surface area contributed by atoms with E-state index in [1.165, 1.54) is 5.56 Å². The Morgan fingerprint density at radius 1 is 1.21 bits per heavy atom. The van der Waals surface area contributed by atoms with Gasteiger partial charge in [0, 0.05) is 44.5 Å². The Labute approximate surface area is 165 Å². The predicted molar refractivity (Wildman–Crippen MR) is 109 cm³/mol. The molecule has 1 atom stereocenters. The highest BCUT2D eigenvalue weighted by molar-refractivity contribution is 5.82. The van der Waals surface area contributed by atoms with Crippen molar-refractivity contribution in [2.24, 2.45) is 0 Å². The Bertz CT molecular complexity index is 848. The number of nitrogens with zero attached hydrogens (tertiary/aromatic N) is 4. The number of piperazine rings is 1. The molecule has 7 nitrogen and oxygen atoms in total. The molecule has 0 bridgehead atoms. The standard InChI is InChI=1S/C21H27N5O2/c1-3-22-19-14-15(2)23-21(24-19)26-12-10-25(11-13-26)20(27)18-9-8-16-6-4-5-7-17(16)28-18/h4-7,14,18H,3,8-13H2,1-2H3,(H,22,23,24). The molecule has 28 heavy (non-hydrogen) atoms. The van der Waals surface area contributed by atoms with E-state index in [0.29, 0.717) is 13.1 Å². The van der Waals surface area contributed by atoms with Crippen molar-refractivity contribution in [2.45, 2.75) is 32.8 Å². The number of carbonyl (C=O) groups is 1. The first kappa shape index (κ1) is 18.5. The number of benzene rings is 1. The first-order chi connectivity index (χ1) is 13.6. The van der Waals surface area contributed by atoms with Gasteiger partial charge in [-0.3, -0.25) is 4.79 Å². The quantitative estimate of drug-likeness (QED) is 0.876. The fourth-order valence-electron chi connectivity index (χ4n) is 3.79. The lowest BCUT2D eigenvalue weighted by Gasteiger charge is -2.37. The van der Waals surface area contributed by atoms with Gasteiger partial charge in [0.2, 0.25) is 5.95 Å². The molecule has 2 aliphatic rings. The molecule has 0 radical (unpaired) electrons. The van der Waals surface area contributed by atoms with Gasteiger partial charge < -0.3 is 19.9 Å². The van der Waals surface area contributed by atoms with Crippen LogP contribution >= 0.6 is 0 Å². The number of nitrogens with one attached hydrogen (secondary N) is 1. The second-order valence-corrected chi connectivity index (χ2v) is 7.29. The van der Waals surface area contributed by atoms with Crippen molar-refractivity contribution >= 4 is 17.7 Å². The van der Waals surface area contributed by atoms with E-state index in [0.717, 1.165) is 55.7 Å². The Kier molecular flexibility index (Phi) is 5.32. The van der Waals surface area contributed by atoms with Crippen LogP contribution in [-0.4, -0.2) is 59.6 Å². The molecule has 0 saturated carbocycles. The van der Waals surface area contributed by atoms with Crippen LogP contribution in [0.5, 0.6) is 5.75 Å². The highest BCUT2D eigenvalue weighted by Gasteiger charge is 2.32. The van der Waals surface area contributed by atoms with Gasteiger partial charge >= 0.3 is 0 Å². The number of amides is 1. The van der Waals surface area contributed by atoms with Crippen LogP contribution in [0.1, 0.15) is 24.6 Å². The van der Waals surface area contributed by atoms with Gasteiger partial charge in [0.1, 0.15) is 11.6 Å². The minimum absolute atomic E-state index is 0.0904. The second kappa shape index (κ2) is 8.04. The van der Waals surface area contributed by atoms with Gasteiger partial charge in [0.05, 0.1) is 0 Å². The summed E-state index contributed by atoms with van der Waals surface area (Å²) in [6.45, 7) is 7.62. The van der Waals surface area contributed by atoms with Crippen molar-refractivity contribution in [3.05, 3.63) is 41.6 Å². The molecule has 2 aliphatic heterocycles. The fraction of sp³-hybridized carbons (Fsp3) is 0.476. The van der Waals surface area contributed by atoms with Crippen molar-refractivity contribution in [1.82, 2.24) is 14.9 Å². The van der Waals surface area contributed by atoms with Gasteiger partial charge in [-0.05, 0) is 38.3 Å². The number of anilines is 2. The van der Waals surface area contributed by atoms with Gasteiger partial charge in [-0.1, -0.05) is 18.2 Å². The average molecular weight is 381 g/mol. The van der Waals surface area contributed by atoms with E-state index < -0.39 is 0 Å². The fourth-order valence-corrected chi connectivity index (χ4v) is 3.79. The van der Waals surface area contributed by atoms with Crippen LogP contribution < -0.4 is 15.0 Å². The third-order valence-corrected chi connectivity index (χ3v) is 5.27. The number of carbonyl (C=O) groups excluding carboxylic acids is 1. The molecule has 0 spiro atoms. The molecule has 4 rings (SSSR count). The third-order valence-electron chi connectivity index (χ3n) is 5.27. The summed E-state index contributed by atoms with van der Waals surface area (Å²) in [5.74, 6) is 2.51. The summed E-state index contributed by atoms with van der Waals surface area (Å²) in [5, 5.41) is 3.25. The summed E-state index contributed by atoms with van der Waals surface area (Å²) in [4.78, 5) is 26.2. The van der Waals surface area contributed by atoms with E-state index in [1.807, 2.05) is 43.0 Å². The van der Waals surface area contributed by atoms with E-state index in [9.17, 15) is 4.79 Å². The van der Waals surface area contributed by atoms with Gasteiger partial charge in [0.25, 0.3) is 5.91 Å². The lowest BCUT2D eigenvalue weighted by Crippen LogP contribution is -2.53. The summed E-state index contributed by atoms with van der Waals surface area (Å²) >= 11 is 0. The minimum Gasteiger partial charge on any atom is -0.480 e. The van der Waals surface area contributed by atoms with E-state index >= 15 is 0 Å². The van der Waals surface area contributed by atoms with E-state index in [2.05, 4.69) is 26.3 Å². The van der Waals surface area contributed by atoms with E-state index in [1.54, 1.807) is 0 Å². The van der Waals surface area contributed by atoms with Crippen molar-refractivity contribution in [2.75, 3.05) is 42.9 Å². The largest absolute Gasteiger partial charge is 0.480 e. The molecule has 3 heterocycles. The number of aromatic nitrogens is 2. The zero-order valence-electron chi connectivity index (χ0n) is 16.5. The molecular formula is C21H27N5O2. The lowest BCUT2D eigenvalue weighted by atomic mass is 10.0. The molecule has 1 aromatic carbocycles. The molecule has 1 N–H and O–H groups in total. The zero-order valence-corrected chi connectivity index (χ0v) is 16.5. The summed E-state index contributed by atoms with van der Waals surface area (Å²) in [6, 6.07) is 9.93. The third kappa shape index (κ3) is 3.88. The van der Waals surface area contributed by atoms with Gasteiger partial charge in [-0.25, -0.2) is 4.98 Å². The molecule has 1 aromatic heterocycles. The number of hydrogen-bond donors (Lipinski definition) is 1. The van der Waals surface area contributed by atoms with Crippen molar-refractivity contribution < 1.29 is 9.53 Å². The Morgan fingerprint density at radius 3 is 2.79 bits per heavy atom. The average Bonchev–Trinajstić information content (AvgIpc) is 2.73. The van der Waals surface area contributed by atoms with Crippen LogP contribution in [-0.2, 0) is 11.2 Å². The van der Waals surface area contributed by atoms with Crippen LogP contribution in [0.25, 0.3) is 0 Å². The molecule has 1 saturated heterocycles. The summed E-state index contributed by atoms with van der Waals surface area (Å²) in [7, 11) is 0. The van der Waals surface area contributed by atoms with Crippen molar-refractivity contribution in [1.29, 1.82) is 0 Å². The van der Waals surface area contributed by atoms with E-state index in [-0.39, 0.29) is 12.0 Å². The molecule has 0 aliphatic carbocycles. The normalized spacial score (nSPS) is 19.0. The van der Waals surface area contributed by atoms with Crippen LogP contribution in [0, 0.1) is 6.92 Å². The highest BCUT2D eigenvalue weighted by atomic mass is 16.5. The minimum atomic E-state index is -0.378. The number of ether oxygens (including phenoxy) is 1. The number of aryl methyl sites for hydroxylation is 2. The maximum Gasteiger partial charge on any atom is 0.263 e. The van der Waals surface area contributed by atoms with Crippen LogP contribution in [0.3, 0.4) is 0 Å². The summed E-state index contributed by atoms with van der Waals surface area (Å²) in [6.07, 6.45) is 1.25. The van der Waals surface area contributed by atoms with Crippen LogP contribution in [0.15, 0.2) is 30.3 Å². The summed E-state index contributed by atoms with van der Waals surface area (Å²) in [5.41, 5.74) is 2.12. The maximum absolute atomic E-state index is 12.9. The second-order valence-electron chi connectivity index (χ2n) is 7.29. The lowest BCUT2D eigenvalue weighted by molar-refractivity contribution is -0.139. The molecule has 1 unspecified atom stereocenters. The van der Waals surface area contributed by atoms with Gasteiger partial charge in [-0.15, -0.1) is 0 Å². The smallest absolute Gasteiger partial charge is 0.263 e. The molecule has 1 amide bonds. The van der Waals surface area contributed by atoms with Crippen LogP contribution in [0.2, 0.25) is 0 Å². The Balaban J connectivity index is 1.37. The molecule has 1 fully saturated rings. The van der Waals surface area contributed by atoms with E-state index in [4.69, 9.17) is 4.74 Å². The summed E-state index contributed by atoms with van der Waals surface area (Å²) < 4.78 is 5.98. The molecule has 7 heteroatoms. The zero-order chi connectivity index (χ0) is 19.5. The van der Waals surface area contributed by atoms with Crippen molar-refractivity contribution in [3.63, 3.8) is 0 Å². The first-order valence-electron chi connectivity index (χ1n) is 10.0. The van der Waals surface area contributed by atoms with Gasteiger partial charge in [-0.2, -0.15) is 4.98 Å². The number of hydrogen-bond acceptors (Lipinski definition) is 6. The SMILES string of the molecule is CCNc1cc(C)nc(N2CCN(C(=O)C3CCc4ccccc4O3)CC2)n1. The van der Waals surface area contributed by atoms with Gasteiger partial charge in [0.15, 0.2) is 6.10 Å². The predicted octanol–water partition coefficient (Wildman–Crippen LogP) is 2.26. The Morgan fingerprint density at radius 2 is 2.00 bits per heavy atom. The highest BCUT2D eigenvalue weighted by Crippen LogP contribution is 2.28. The van der Waals surface area contributed by atoms with Crippen molar-refractivity contribution in [3.8, 4) is 5.75 Å². The first-order valence-corrected chi connectivity index (χ1v) is 10.0. The Hall–Kier alpha value is -2.83. The molecule has 148 valence electrons. The topological polar surface area (TPSA) is 70.6 Å². The maximum atomic E-state index is 12.9. The number of rotatable bonds is 4. The monoisotopic (exact) mass is 381 g/mol.